The van der Waals surface area contributed by atoms with E-state index in [1.807, 2.05) is 0 Å². The van der Waals surface area contributed by atoms with Crippen molar-refractivity contribution >= 4 is 0 Å². The number of nitrogens with zero attached hydrogens (tertiary/aromatic N) is 1. The summed E-state index contributed by atoms with van der Waals surface area (Å²) in [4.78, 5) is 2.44. The molecule has 2 bridgehead atoms. The van der Waals surface area contributed by atoms with Crippen LogP contribution in [0.3, 0.4) is 0 Å². The fourth-order valence-corrected chi connectivity index (χ4v) is 4.24. The Bertz CT molecular complexity index is 275. The number of rotatable bonds is 3. The molecule has 2 saturated carbocycles. The lowest BCUT2D eigenvalue weighted by molar-refractivity contribution is -0.0837. The Hall–Kier alpha value is -0.120. The molecule has 0 aromatic rings. The van der Waals surface area contributed by atoms with Crippen molar-refractivity contribution in [1.82, 2.24) is 4.90 Å². The first-order valence-electron chi connectivity index (χ1n) is 7.17. The van der Waals surface area contributed by atoms with Crippen molar-refractivity contribution in [2.45, 2.75) is 50.2 Å². The Labute approximate surface area is 104 Å². The fourth-order valence-electron chi connectivity index (χ4n) is 4.24. The summed E-state index contributed by atoms with van der Waals surface area (Å²) in [6.45, 7) is 2.28. The van der Waals surface area contributed by atoms with Crippen molar-refractivity contribution in [2.75, 3.05) is 26.8 Å². The minimum atomic E-state index is -0.491. The molecule has 2 aliphatic carbocycles. The van der Waals surface area contributed by atoms with Gasteiger partial charge < -0.3 is 14.7 Å². The SMILES string of the molecule is CN(CC1(O)CCOCC1)C1CC2CCC1C2. The Morgan fingerprint density at radius 3 is 2.59 bits per heavy atom. The molecule has 1 N–H and O–H groups in total. The van der Waals surface area contributed by atoms with E-state index in [0.29, 0.717) is 0 Å². The van der Waals surface area contributed by atoms with E-state index < -0.39 is 5.60 Å². The summed E-state index contributed by atoms with van der Waals surface area (Å²) in [5, 5.41) is 10.6. The fraction of sp³-hybridized carbons (Fsp3) is 1.00. The van der Waals surface area contributed by atoms with E-state index in [1.54, 1.807) is 0 Å². The number of likely N-dealkylation sites (N-methyl/N-ethyl adjacent to an activating group) is 1. The van der Waals surface area contributed by atoms with Crippen molar-refractivity contribution in [3.63, 3.8) is 0 Å². The number of hydrogen-bond donors (Lipinski definition) is 1. The van der Waals surface area contributed by atoms with Crippen molar-refractivity contribution < 1.29 is 9.84 Å². The van der Waals surface area contributed by atoms with E-state index in [-0.39, 0.29) is 0 Å². The molecule has 3 nitrogen and oxygen atoms in total. The average molecular weight is 239 g/mol. The van der Waals surface area contributed by atoms with Crippen LogP contribution in [0.4, 0.5) is 0 Å². The van der Waals surface area contributed by atoms with Gasteiger partial charge in [0.15, 0.2) is 0 Å². The van der Waals surface area contributed by atoms with Gasteiger partial charge in [-0.1, -0.05) is 6.42 Å². The van der Waals surface area contributed by atoms with Gasteiger partial charge in [-0.25, -0.2) is 0 Å². The largest absolute Gasteiger partial charge is 0.388 e. The highest BCUT2D eigenvalue weighted by Crippen LogP contribution is 2.46. The van der Waals surface area contributed by atoms with E-state index in [0.717, 1.165) is 50.5 Å². The lowest BCUT2D eigenvalue weighted by atomic mass is 9.90. The van der Waals surface area contributed by atoms with Crippen LogP contribution < -0.4 is 0 Å². The molecular formula is C14H25NO2. The predicted molar refractivity (Wildman–Crippen MR) is 66.9 cm³/mol. The van der Waals surface area contributed by atoms with Gasteiger partial charge in [0.05, 0.1) is 5.60 Å². The van der Waals surface area contributed by atoms with Crippen LogP contribution in [-0.4, -0.2) is 48.5 Å². The zero-order valence-corrected chi connectivity index (χ0v) is 10.9. The minimum absolute atomic E-state index is 0.491. The van der Waals surface area contributed by atoms with Crippen molar-refractivity contribution in [3.8, 4) is 0 Å². The van der Waals surface area contributed by atoms with Crippen molar-refractivity contribution in [2.24, 2.45) is 11.8 Å². The Morgan fingerprint density at radius 2 is 2.00 bits per heavy atom. The molecule has 98 valence electrons. The molecule has 17 heavy (non-hydrogen) atoms. The molecule has 3 aliphatic rings. The highest BCUT2D eigenvalue weighted by Gasteiger charge is 2.43. The van der Waals surface area contributed by atoms with Gasteiger partial charge in [-0.05, 0) is 38.1 Å². The van der Waals surface area contributed by atoms with Gasteiger partial charge in [0, 0.05) is 38.6 Å². The molecule has 3 fully saturated rings. The smallest absolute Gasteiger partial charge is 0.0817 e. The van der Waals surface area contributed by atoms with E-state index in [4.69, 9.17) is 4.74 Å². The molecule has 0 spiro atoms. The maximum Gasteiger partial charge on any atom is 0.0817 e. The molecule has 1 aliphatic heterocycles. The molecular weight excluding hydrogens is 214 g/mol. The molecule has 1 saturated heterocycles. The first-order chi connectivity index (χ1) is 8.16. The highest BCUT2D eigenvalue weighted by molar-refractivity contribution is 4.96. The maximum atomic E-state index is 10.6. The second kappa shape index (κ2) is 4.52. The number of fused-ring (bicyclic) bond motifs is 2. The second-order valence-electron chi connectivity index (χ2n) is 6.49. The zero-order valence-electron chi connectivity index (χ0n) is 10.9. The third-order valence-electron chi connectivity index (χ3n) is 5.23. The van der Waals surface area contributed by atoms with Gasteiger partial charge in [0.2, 0.25) is 0 Å². The molecule has 0 amide bonds. The Morgan fingerprint density at radius 1 is 1.24 bits per heavy atom. The van der Waals surface area contributed by atoms with Gasteiger partial charge in [0.25, 0.3) is 0 Å². The zero-order chi connectivity index (χ0) is 11.9. The van der Waals surface area contributed by atoms with Crippen molar-refractivity contribution in [1.29, 1.82) is 0 Å². The summed E-state index contributed by atoms with van der Waals surface area (Å²) < 4.78 is 5.34. The highest BCUT2D eigenvalue weighted by atomic mass is 16.5. The predicted octanol–water partition coefficient (Wildman–Crippen LogP) is 1.65. The molecule has 0 radical (unpaired) electrons. The lowest BCUT2D eigenvalue weighted by Crippen LogP contribution is -2.49. The maximum absolute atomic E-state index is 10.6. The summed E-state index contributed by atoms with van der Waals surface area (Å²) in [6, 6.07) is 0.737. The van der Waals surface area contributed by atoms with Crippen LogP contribution in [0.1, 0.15) is 38.5 Å². The van der Waals surface area contributed by atoms with Crippen LogP contribution in [0.2, 0.25) is 0 Å². The summed E-state index contributed by atoms with van der Waals surface area (Å²) in [5.74, 6) is 1.89. The summed E-state index contributed by atoms with van der Waals surface area (Å²) in [7, 11) is 2.21. The third-order valence-corrected chi connectivity index (χ3v) is 5.23. The minimum Gasteiger partial charge on any atom is -0.388 e. The summed E-state index contributed by atoms with van der Waals surface area (Å²) >= 11 is 0. The van der Waals surface area contributed by atoms with Crippen LogP contribution in [-0.2, 0) is 4.74 Å². The molecule has 3 atom stereocenters. The number of hydrogen-bond acceptors (Lipinski definition) is 3. The molecule has 1 heterocycles. The van der Waals surface area contributed by atoms with Gasteiger partial charge >= 0.3 is 0 Å². The van der Waals surface area contributed by atoms with Crippen LogP contribution in [0.15, 0.2) is 0 Å². The van der Waals surface area contributed by atoms with E-state index in [2.05, 4.69) is 11.9 Å². The quantitative estimate of drug-likeness (QED) is 0.813. The van der Waals surface area contributed by atoms with Crippen LogP contribution in [0, 0.1) is 11.8 Å². The van der Waals surface area contributed by atoms with Crippen molar-refractivity contribution in [3.05, 3.63) is 0 Å². The first-order valence-corrected chi connectivity index (χ1v) is 7.17. The molecule has 0 aromatic heterocycles. The van der Waals surface area contributed by atoms with Gasteiger partial charge in [0.1, 0.15) is 0 Å². The van der Waals surface area contributed by atoms with Crippen LogP contribution >= 0.6 is 0 Å². The third kappa shape index (κ3) is 2.38. The van der Waals surface area contributed by atoms with Crippen LogP contribution in [0.5, 0.6) is 0 Å². The summed E-state index contributed by atoms with van der Waals surface area (Å²) in [6.07, 6.45) is 7.29. The van der Waals surface area contributed by atoms with Gasteiger partial charge in [-0.3, -0.25) is 0 Å². The second-order valence-corrected chi connectivity index (χ2v) is 6.49. The van der Waals surface area contributed by atoms with E-state index in [1.165, 1.54) is 25.7 Å². The topological polar surface area (TPSA) is 32.7 Å². The monoisotopic (exact) mass is 239 g/mol. The standard InChI is InChI=1S/C14H25NO2/c1-15(10-14(16)4-6-17-7-5-14)13-9-11-2-3-12(13)8-11/h11-13,16H,2-10H2,1H3. The molecule has 3 unspecified atom stereocenters. The average Bonchev–Trinajstić information content (AvgIpc) is 2.91. The molecule has 3 rings (SSSR count). The number of ether oxygens (including phenoxy) is 1. The van der Waals surface area contributed by atoms with Gasteiger partial charge in [-0.2, -0.15) is 0 Å². The Kier molecular flexibility index (Phi) is 3.18. The molecule has 3 heteroatoms. The number of aliphatic hydroxyl groups is 1. The molecule has 0 aromatic carbocycles. The lowest BCUT2D eigenvalue weighted by Gasteiger charge is -2.39. The van der Waals surface area contributed by atoms with E-state index in [9.17, 15) is 5.11 Å². The van der Waals surface area contributed by atoms with E-state index >= 15 is 0 Å². The normalized spacial score (nSPS) is 40.1. The van der Waals surface area contributed by atoms with Crippen LogP contribution in [0.25, 0.3) is 0 Å². The Balaban J connectivity index is 1.57. The first kappa shape index (κ1) is 11.9. The summed E-state index contributed by atoms with van der Waals surface area (Å²) in [5.41, 5.74) is -0.491. The van der Waals surface area contributed by atoms with Gasteiger partial charge in [-0.15, -0.1) is 0 Å².